The van der Waals surface area contributed by atoms with Crippen LogP contribution < -0.4 is 9.62 Å². The predicted octanol–water partition coefficient (Wildman–Crippen LogP) is 1.93. The van der Waals surface area contributed by atoms with Crippen LogP contribution in [0.2, 0.25) is 5.02 Å². The number of benzene rings is 1. The van der Waals surface area contributed by atoms with Gasteiger partial charge in [-0.15, -0.1) is 0 Å². The summed E-state index contributed by atoms with van der Waals surface area (Å²) in [4.78, 5) is 8.04. The number of hydrogen-bond donors (Lipinski definition) is 2. The highest BCUT2D eigenvalue weighted by Crippen LogP contribution is 2.29. The summed E-state index contributed by atoms with van der Waals surface area (Å²) in [6, 6.07) is 5.00. The number of aromatic amines is 1. The van der Waals surface area contributed by atoms with Crippen molar-refractivity contribution in [3.63, 3.8) is 0 Å². The minimum absolute atomic E-state index is 0.00261. The van der Waals surface area contributed by atoms with Crippen LogP contribution in [-0.2, 0) is 10.0 Å². The van der Waals surface area contributed by atoms with E-state index in [9.17, 15) is 8.42 Å². The van der Waals surface area contributed by atoms with Crippen LogP contribution in [-0.4, -0.2) is 32.5 Å². The fourth-order valence-electron chi connectivity index (χ4n) is 1.57. The van der Waals surface area contributed by atoms with Crippen LogP contribution in [0, 0.1) is 0 Å². The van der Waals surface area contributed by atoms with Crippen LogP contribution >= 0.6 is 11.6 Å². The second-order valence-corrected chi connectivity index (χ2v) is 6.16. The molecule has 0 aliphatic rings. The highest BCUT2D eigenvalue weighted by Gasteiger charge is 2.18. The fourth-order valence-corrected chi connectivity index (χ4v) is 2.71. The van der Waals surface area contributed by atoms with Crippen molar-refractivity contribution in [3.05, 3.63) is 35.7 Å². The van der Waals surface area contributed by atoms with E-state index in [1.54, 1.807) is 23.1 Å². The fraction of sp³-hybridized carbons (Fsp3) is 0.182. The number of H-pyrrole nitrogens is 1. The molecule has 2 N–H and O–H groups in total. The molecular formula is C11H13ClN4O2S. The van der Waals surface area contributed by atoms with Crippen molar-refractivity contribution >= 4 is 33.0 Å². The molecule has 0 bridgehead atoms. The third kappa shape index (κ3) is 2.99. The zero-order valence-electron chi connectivity index (χ0n) is 10.4. The first-order valence-corrected chi connectivity index (χ1v) is 7.24. The number of anilines is 2. The van der Waals surface area contributed by atoms with Gasteiger partial charge in [-0.1, -0.05) is 11.6 Å². The van der Waals surface area contributed by atoms with Gasteiger partial charge in [-0.3, -0.25) is 4.72 Å². The molecule has 0 radical (unpaired) electrons. The number of aromatic nitrogens is 2. The first kappa shape index (κ1) is 13.7. The lowest BCUT2D eigenvalue weighted by Gasteiger charge is -2.18. The van der Waals surface area contributed by atoms with Gasteiger partial charge in [0.1, 0.15) is 0 Å². The van der Waals surface area contributed by atoms with E-state index in [4.69, 9.17) is 11.6 Å². The second kappa shape index (κ2) is 5.10. The van der Waals surface area contributed by atoms with Gasteiger partial charge in [0.15, 0.2) is 5.03 Å². The maximum absolute atomic E-state index is 12.1. The average Bonchev–Trinajstić information content (AvgIpc) is 2.81. The van der Waals surface area contributed by atoms with Crippen molar-refractivity contribution < 1.29 is 8.42 Å². The van der Waals surface area contributed by atoms with E-state index in [1.165, 1.54) is 12.5 Å². The minimum atomic E-state index is -3.70. The second-order valence-electron chi connectivity index (χ2n) is 4.08. The van der Waals surface area contributed by atoms with Crippen molar-refractivity contribution in [2.45, 2.75) is 5.03 Å². The summed E-state index contributed by atoms with van der Waals surface area (Å²) in [5.74, 6) is 0. The number of nitrogens with one attached hydrogen (secondary N) is 2. The standard InChI is InChI=1S/C11H13ClN4O2S/c1-16(2)10-4-3-8(12)5-9(10)15-19(17,18)11-6-13-7-14-11/h3-7,15H,1-2H3,(H,13,14). The smallest absolute Gasteiger partial charge is 0.279 e. The molecule has 2 rings (SSSR count). The summed E-state index contributed by atoms with van der Waals surface area (Å²) in [5.41, 5.74) is 1.12. The quantitative estimate of drug-likeness (QED) is 0.904. The zero-order valence-corrected chi connectivity index (χ0v) is 12.0. The third-order valence-corrected chi connectivity index (χ3v) is 3.97. The largest absolute Gasteiger partial charge is 0.376 e. The number of imidazole rings is 1. The lowest BCUT2D eigenvalue weighted by molar-refractivity contribution is 0.598. The summed E-state index contributed by atoms with van der Waals surface area (Å²) in [7, 11) is -0.0627. The van der Waals surface area contributed by atoms with Crippen LogP contribution in [0.4, 0.5) is 11.4 Å². The summed E-state index contributed by atoms with van der Waals surface area (Å²) < 4.78 is 26.7. The van der Waals surface area contributed by atoms with Gasteiger partial charge in [-0.05, 0) is 18.2 Å². The van der Waals surface area contributed by atoms with Gasteiger partial charge < -0.3 is 9.88 Å². The zero-order chi connectivity index (χ0) is 14.0. The van der Waals surface area contributed by atoms with E-state index >= 15 is 0 Å². The summed E-state index contributed by atoms with van der Waals surface area (Å²) >= 11 is 5.90. The average molecular weight is 301 g/mol. The molecule has 102 valence electrons. The van der Waals surface area contributed by atoms with Gasteiger partial charge in [0.25, 0.3) is 10.0 Å². The van der Waals surface area contributed by atoms with Crippen molar-refractivity contribution in [1.29, 1.82) is 0 Å². The highest BCUT2D eigenvalue weighted by molar-refractivity contribution is 7.92. The van der Waals surface area contributed by atoms with Crippen molar-refractivity contribution in [2.75, 3.05) is 23.7 Å². The molecule has 0 saturated carbocycles. The normalized spacial score (nSPS) is 11.3. The summed E-state index contributed by atoms with van der Waals surface area (Å²) in [5, 5.41) is 0.449. The summed E-state index contributed by atoms with van der Waals surface area (Å²) in [6.45, 7) is 0. The lowest BCUT2D eigenvalue weighted by Crippen LogP contribution is -2.17. The van der Waals surface area contributed by atoms with Gasteiger partial charge in [0.2, 0.25) is 0 Å². The van der Waals surface area contributed by atoms with Crippen molar-refractivity contribution in [3.8, 4) is 0 Å². The maximum Gasteiger partial charge on any atom is 0.279 e. The number of rotatable bonds is 4. The molecule has 0 aliphatic heterocycles. The third-order valence-electron chi connectivity index (χ3n) is 2.45. The number of halogens is 1. The number of nitrogens with zero attached hydrogens (tertiary/aromatic N) is 2. The molecule has 0 saturated heterocycles. The molecular weight excluding hydrogens is 288 g/mol. The van der Waals surface area contributed by atoms with Crippen LogP contribution in [0.1, 0.15) is 0 Å². The van der Waals surface area contributed by atoms with Crippen molar-refractivity contribution in [1.82, 2.24) is 9.97 Å². The van der Waals surface area contributed by atoms with Crippen molar-refractivity contribution in [2.24, 2.45) is 0 Å². The van der Waals surface area contributed by atoms with E-state index in [2.05, 4.69) is 14.7 Å². The molecule has 1 aromatic carbocycles. The van der Waals surface area contributed by atoms with Crippen LogP contribution in [0.25, 0.3) is 0 Å². The van der Waals surface area contributed by atoms with Crippen LogP contribution in [0.5, 0.6) is 0 Å². The highest BCUT2D eigenvalue weighted by atomic mass is 35.5. The molecule has 0 spiro atoms. The Kier molecular flexibility index (Phi) is 3.68. The van der Waals surface area contributed by atoms with E-state index in [0.717, 1.165) is 0 Å². The Morgan fingerprint density at radius 3 is 2.68 bits per heavy atom. The van der Waals surface area contributed by atoms with E-state index in [0.29, 0.717) is 16.4 Å². The van der Waals surface area contributed by atoms with E-state index in [1.807, 2.05) is 14.1 Å². The van der Waals surface area contributed by atoms with Crippen LogP contribution in [0.15, 0.2) is 35.7 Å². The Balaban J connectivity index is 2.41. The molecule has 8 heteroatoms. The lowest BCUT2D eigenvalue weighted by atomic mass is 10.2. The molecule has 0 unspecified atom stereocenters. The Bertz CT molecular complexity index is 668. The predicted molar refractivity (Wildman–Crippen MR) is 75.2 cm³/mol. The van der Waals surface area contributed by atoms with E-state index < -0.39 is 10.0 Å². The molecule has 19 heavy (non-hydrogen) atoms. The molecule has 6 nitrogen and oxygen atoms in total. The van der Waals surface area contributed by atoms with Gasteiger partial charge in [0, 0.05) is 19.1 Å². The molecule has 2 aromatic rings. The molecule has 1 aromatic heterocycles. The van der Waals surface area contributed by atoms with Crippen LogP contribution in [0.3, 0.4) is 0 Å². The number of sulfonamides is 1. The first-order chi connectivity index (χ1) is 8.90. The van der Waals surface area contributed by atoms with Gasteiger partial charge in [-0.2, -0.15) is 8.42 Å². The Hall–Kier alpha value is -1.73. The maximum atomic E-state index is 12.1. The Morgan fingerprint density at radius 1 is 1.37 bits per heavy atom. The Morgan fingerprint density at radius 2 is 2.11 bits per heavy atom. The minimum Gasteiger partial charge on any atom is -0.376 e. The van der Waals surface area contributed by atoms with Gasteiger partial charge in [-0.25, -0.2) is 4.98 Å². The van der Waals surface area contributed by atoms with Gasteiger partial charge >= 0.3 is 0 Å². The molecule has 0 amide bonds. The SMILES string of the molecule is CN(C)c1ccc(Cl)cc1NS(=O)(=O)c1cnc[nH]1. The summed E-state index contributed by atoms with van der Waals surface area (Å²) in [6.07, 6.45) is 2.54. The molecule has 1 heterocycles. The molecule has 0 fully saturated rings. The topological polar surface area (TPSA) is 78.1 Å². The monoisotopic (exact) mass is 300 g/mol. The van der Waals surface area contributed by atoms with Gasteiger partial charge in [0.05, 0.1) is 23.9 Å². The first-order valence-electron chi connectivity index (χ1n) is 5.38. The Labute approximate surface area is 116 Å². The number of hydrogen-bond acceptors (Lipinski definition) is 4. The van der Waals surface area contributed by atoms with E-state index in [-0.39, 0.29) is 5.03 Å². The molecule has 0 aliphatic carbocycles. The molecule has 0 atom stereocenters.